The highest BCUT2D eigenvalue weighted by molar-refractivity contribution is 5.75. The third-order valence-electron chi connectivity index (χ3n) is 1.51. The van der Waals surface area contributed by atoms with Gasteiger partial charge in [0.25, 0.3) is 0 Å². The molecule has 0 spiro atoms. The smallest absolute Gasteiger partial charge is 0.338 e. The van der Waals surface area contributed by atoms with Gasteiger partial charge in [-0.2, -0.15) is 0 Å². The van der Waals surface area contributed by atoms with Crippen LogP contribution in [-0.4, -0.2) is 30.4 Å². The molecule has 0 aromatic heterocycles. The zero-order valence-electron chi connectivity index (χ0n) is 6.19. The van der Waals surface area contributed by atoms with Gasteiger partial charge in [0.05, 0.1) is 13.4 Å². The highest BCUT2D eigenvalue weighted by atomic mass is 16.5. The summed E-state index contributed by atoms with van der Waals surface area (Å²) in [7, 11) is 1.23. The predicted octanol–water partition coefficient (Wildman–Crippen LogP) is -0.177. The molecule has 2 unspecified atom stereocenters. The fourth-order valence-electron chi connectivity index (χ4n) is 0.878. The van der Waals surface area contributed by atoms with Gasteiger partial charge in [0.2, 0.25) is 0 Å². The Kier molecular flexibility index (Phi) is 2.48. The lowest BCUT2D eigenvalue weighted by atomic mass is 10.1. The summed E-state index contributed by atoms with van der Waals surface area (Å²) in [6, 6.07) is 0. The van der Waals surface area contributed by atoms with Crippen LogP contribution in [0, 0.1) is 0 Å². The summed E-state index contributed by atoms with van der Waals surface area (Å²) in [6.07, 6.45) is 2.13. The first-order valence-electron chi connectivity index (χ1n) is 3.32. The molecule has 0 radical (unpaired) electrons. The van der Waals surface area contributed by atoms with Gasteiger partial charge in [-0.1, -0.05) is 0 Å². The third kappa shape index (κ3) is 1.71. The van der Waals surface area contributed by atoms with E-state index < -0.39 is 18.2 Å². The molecule has 4 heteroatoms. The third-order valence-corrected chi connectivity index (χ3v) is 1.51. The zero-order valence-corrected chi connectivity index (χ0v) is 6.19. The topological polar surface area (TPSA) is 55.8 Å². The van der Waals surface area contributed by atoms with E-state index >= 15 is 0 Å². The minimum atomic E-state index is -1.17. The largest absolute Gasteiger partial charge is 0.495 e. The van der Waals surface area contributed by atoms with E-state index in [1.54, 1.807) is 6.08 Å². The van der Waals surface area contributed by atoms with Crippen molar-refractivity contribution in [3.63, 3.8) is 0 Å². The molecule has 1 rings (SSSR count). The molecular formula is C7H10O4. The molecule has 0 aliphatic carbocycles. The molecule has 1 N–H and O–H groups in total. The number of rotatable bonds is 2. The maximum atomic E-state index is 10.7. The normalized spacial score (nSPS) is 24.4. The van der Waals surface area contributed by atoms with E-state index in [9.17, 15) is 9.90 Å². The second kappa shape index (κ2) is 3.39. The van der Waals surface area contributed by atoms with Crippen LogP contribution in [0.2, 0.25) is 0 Å². The number of methoxy groups -OCH3 is 1. The van der Waals surface area contributed by atoms with Crippen molar-refractivity contribution in [1.82, 2.24) is 0 Å². The van der Waals surface area contributed by atoms with Gasteiger partial charge in [-0.25, -0.2) is 4.79 Å². The van der Waals surface area contributed by atoms with Gasteiger partial charge in [-0.05, 0) is 6.08 Å². The lowest BCUT2D eigenvalue weighted by molar-refractivity contribution is -0.156. The Balaban J connectivity index is 2.41. The Labute approximate surface area is 64.4 Å². The minimum Gasteiger partial charge on any atom is -0.495 e. The summed E-state index contributed by atoms with van der Waals surface area (Å²) in [5.74, 6) is -0.654. The standard InChI is InChI=1S/C7H10O4/c1-10-7(9)6(8)5-3-2-4-11-5/h2,4-6,8H,3H2,1H3. The monoisotopic (exact) mass is 158 g/mol. The number of esters is 1. The molecule has 0 aromatic carbocycles. The number of hydrogen-bond donors (Lipinski definition) is 1. The lowest BCUT2D eigenvalue weighted by Gasteiger charge is -2.14. The summed E-state index contributed by atoms with van der Waals surface area (Å²) >= 11 is 0. The predicted molar refractivity (Wildman–Crippen MR) is 36.7 cm³/mol. The number of ether oxygens (including phenoxy) is 2. The molecule has 4 nitrogen and oxygen atoms in total. The Morgan fingerprint density at radius 3 is 3.09 bits per heavy atom. The van der Waals surface area contributed by atoms with Crippen molar-refractivity contribution < 1.29 is 19.4 Å². The van der Waals surface area contributed by atoms with Crippen molar-refractivity contribution in [3.8, 4) is 0 Å². The van der Waals surface area contributed by atoms with E-state index in [1.165, 1.54) is 13.4 Å². The van der Waals surface area contributed by atoms with Gasteiger partial charge in [0.1, 0.15) is 6.10 Å². The quantitative estimate of drug-likeness (QED) is 0.566. The molecule has 2 atom stereocenters. The van der Waals surface area contributed by atoms with E-state index in [0.717, 1.165) is 0 Å². The Bertz CT molecular complexity index is 167. The molecule has 0 fully saturated rings. The fourth-order valence-corrected chi connectivity index (χ4v) is 0.878. The van der Waals surface area contributed by atoms with Crippen LogP contribution < -0.4 is 0 Å². The molecule has 0 saturated carbocycles. The van der Waals surface area contributed by atoms with Gasteiger partial charge < -0.3 is 14.6 Å². The maximum absolute atomic E-state index is 10.7. The molecule has 1 heterocycles. The average molecular weight is 158 g/mol. The lowest BCUT2D eigenvalue weighted by Crippen LogP contribution is -2.34. The number of aliphatic hydroxyl groups excluding tert-OH is 1. The summed E-state index contributed by atoms with van der Waals surface area (Å²) in [5.41, 5.74) is 0. The second-order valence-corrected chi connectivity index (χ2v) is 2.25. The molecule has 62 valence electrons. The fraction of sp³-hybridized carbons (Fsp3) is 0.571. The molecule has 0 bridgehead atoms. The van der Waals surface area contributed by atoms with Crippen LogP contribution in [0.15, 0.2) is 12.3 Å². The van der Waals surface area contributed by atoms with Gasteiger partial charge >= 0.3 is 5.97 Å². The highest BCUT2D eigenvalue weighted by Crippen LogP contribution is 2.13. The molecule has 0 saturated heterocycles. The van der Waals surface area contributed by atoms with Crippen molar-refractivity contribution in [2.24, 2.45) is 0 Å². The van der Waals surface area contributed by atoms with Crippen LogP contribution in [0.4, 0.5) is 0 Å². The second-order valence-electron chi connectivity index (χ2n) is 2.25. The molecular weight excluding hydrogens is 148 g/mol. The molecule has 0 amide bonds. The van der Waals surface area contributed by atoms with Crippen molar-refractivity contribution in [1.29, 1.82) is 0 Å². The van der Waals surface area contributed by atoms with E-state index in [0.29, 0.717) is 6.42 Å². The number of carbonyl (C=O) groups is 1. The van der Waals surface area contributed by atoms with Crippen molar-refractivity contribution in [2.75, 3.05) is 7.11 Å². The van der Waals surface area contributed by atoms with Crippen molar-refractivity contribution >= 4 is 5.97 Å². The SMILES string of the molecule is COC(=O)C(O)C1CC=CO1. The minimum absolute atomic E-state index is 0.470. The maximum Gasteiger partial charge on any atom is 0.338 e. The van der Waals surface area contributed by atoms with Gasteiger partial charge in [0.15, 0.2) is 6.10 Å². The van der Waals surface area contributed by atoms with Crippen LogP contribution in [0.5, 0.6) is 0 Å². The van der Waals surface area contributed by atoms with Gasteiger partial charge in [-0.3, -0.25) is 0 Å². The average Bonchev–Trinajstić information content (AvgIpc) is 2.53. The van der Waals surface area contributed by atoms with Gasteiger partial charge in [0, 0.05) is 6.42 Å². The van der Waals surface area contributed by atoms with Crippen LogP contribution in [0.1, 0.15) is 6.42 Å². The van der Waals surface area contributed by atoms with E-state index in [2.05, 4.69) is 4.74 Å². The zero-order chi connectivity index (χ0) is 8.27. The first-order chi connectivity index (χ1) is 5.25. The van der Waals surface area contributed by atoms with Crippen LogP contribution >= 0.6 is 0 Å². The van der Waals surface area contributed by atoms with Gasteiger partial charge in [-0.15, -0.1) is 0 Å². The Morgan fingerprint density at radius 1 is 1.91 bits per heavy atom. The van der Waals surface area contributed by atoms with Crippen LogP contribution in [-0.2, 0) is 14.3 Å². The van der Waals surface area contributed by atoms with Crippen LogP contribution in [0.25, 0.3) is 0 Å². The molecule has 0 aromatic rings. The molecule has 1 aliphatic rings. The van der Waals surface area contributed by atoms with Crippen molar-refractivity contribution in [3.05, 3.63) is 12.3 Å². The van der Waals surface area contributed by atoms with Crippen LogP contribution in [0.3, 0.4) is 0 Å². The highest BCUT2D eigenvalue weighted by Gasteiger charge is 2.28. The number of aliphatic hydroxyl groups is 1. The Hall–Kier alpha value is -1.03. The molecule has 11 heavy (non-hydrogen) atoms. The van der Waals surface area contributed by atoms with E-state index in [4.69, 9.17) is 4.74 Å². The summed E-state index contributed by atoms with van der Waals surface area (Å²) in [5, 5.41) is 9.18. The number of carbonyl (C=O) groups excluding carboxylic acids is 1. The first-order valence-corrected chi connectivity index (χ1v) is 3.32. The van der Waals surface area contributed by atoms with E-state index in [-0.39, 0.29) is 0 Å². The van der Waals surface area contributed by atoms with Crippen molar-refractivity contribution in [2.45, 2.75) is 18.6 Å². The summed E-state index contributed by atoms with van der Waals surface area (Å²) < 4.78 is 9.23. The summed E-state index contributed by atoms with van der Waals surface area (Å²) in [6.45, 7) is 0. The first kappa shape index (κ1) is 8.07. The van der Waals surface area contributed by atoms with E-state index in [1.807, 2.05) is 0 Å². The summed E-state index contributed by atoms with van der Waals surface area (Å²) in [4.78, 5) is 10.7. The molecule has 1 aliphatic heterocycles. The Morgan fingerprint density at radius 2 is 2.64 bits per heavy atom. The number of hydrogen-bond acceptors (Lipinski definition) is 4.